The first-order chi connectivity index (χ1) is 29.0. The van der Waals surface area contributed by atoms with Gasteiger partial charge in [-0.1, -0.05) is 218 Å². The smallest absolute Gasteiger partial charge is 0.306 e. The highest BCUT2D eigenvalue weighted by atomic mass is 16.6. The van der Waals surface area contributed by atoms with Crippen LogP contribution in [0.3, 0.4) is 0 Å². The van der Waals surface area contributed by atoms with E-state index in [9.17, 15) is 14.4 Å². The molecule has 0 heterocycles. The largest absolute Gasteiger partial charge is 0.462 e. The molecular formula is C53H96O6. The monoisotopic (exact) mass is 829 g/mol. The second kappa shape index (κ2) is 48.3. The molecular weight excluding hydrogens is 733 g/mol. The van der Waals surface area contributed by atoms with E-state index in [-0.39, 0.29) is 31.1 Å². The summed E-state index contributed by atoms with van der Waals surface area (Å²) in [6, 6.07) is 0. The van der Waals surface area contributed by atoms with Crippen LogP contribution in [0.1, 0.15) is 265 Å². The summed E-state index contributed by atoms with van der Waals surface area (Å²) >= 11 is 0. The molecule has 344 valence electrons. The van der Waals surface area contributed by atoms with Gasteiger partial charge in [0.15, 0.2) is 6.10 Å². The van der Waals surface area contributed by atoms with Crippen molar-refractivity contribution >= 4 is 17.9 Å². The predicted molar refractivity (Wildman–Crippen MR) is 252 cm³/mol. The van der Waals surface area contributed by atoms with Crippen molar-refractivity contribution in [3.63, 3.8) is 0 Å². The maximum absolute atomic E-state index is 12.8. The van der Waals surface area contributed by atoms with Gasteiger partial charge in [0.05, 0.1) is 0 Å². The van der Waals surface area contributed by atoms with E-state index in [2.05, 4.69) is 57.2 Å². The van der Waals surface area contributed by atoms with Gasteiger partial charge in [0.1, 0.15) is 13.2 Å². The first-order valence-corrected chi connectivity index (χ1v) is 25.5. The maximum Gasteiger partial charge on any atom is 0.306 e. The number of carbonyl (C=O) groups excluding carboxylic acids is 3. The van der Waals surface area contributed by atoms with Crippen LogP contribution in [0.5, 0.6) is 0 Å². The molecule has 0 aromatic heterocycles. The Kier molecular flexibility index (Phi) is 46.4. The quantitative estimate of drug-likeness (QED) is 0.0200. The highest BCUT2D eigenvalue weighted by Gasteiger charge is 2.19. The van der Waals surface area contributed by atoms with Gasteiger partial charge in [-0.25, -0.2) is 0 Å². The molecule has 0 saturated carbocycles. The standard InChI is InChI=1S/C53H96O6/c1-4-7-10-13-16-19-22-24-26-28-29-31-34-37-40-43-46-52(55)58-49-50(48-57-51(54)45-42-39-36-33-21-18-15-12-9-6-3)59-53(56)47-44-41-38-35-32-30-27-25-23-20-17-14-11-8-5-2/h15,18,26,28-29,31,50H,4-14,16-17,19-25,27,30,32-49H2,1-3H3/b18-15-,28-26-,31-29-. The van der Waals surface area contributed by atoms with Gasteiger partial charge in [-0.15, -0.1) is 0 Å². The zero-order valence-corrected chi connectivity index (χ0v) is 39.3. The summed E-state index contributed by atoms with van der Waals surface area (Å²) in [5.74, 6) is -0.915. The third-order valence-corrected chi connectivity index (χ3v) is 11.1. The summed E-state index contributed by atoms with van der Waals surface area (Å²) in [6.45, 7) is 6.57. The molecule has 6 nitrogen and oxygen atoms in total. The number of ether oxygens (including phenoxy) is 3. The van der Waals surface area contributed by atoms with Crippen LogP contribution in [0.15, 0.2) is 36.5 Å². The van der Waals surface area contributed by atoms with Crippen LogP contribution in [0.4, 0.5) is 0 Å². The van der Waals surface area contributed by atoms with E-state index < -0.39 is 6.10 Å². The minimum atomic E-state index is -0.782. The van der Waals surface area contributed by atoms with E-state index in [1.54, 1.807) is 0 Å². The van der Waals surface area contributed by atoms with E-state index in [1.807, 2.05) is 0 Å². The van der Waals surface area contributed by atoms with E-state index in [1.165, 1.54) is 135 Å². The van der Waals surface area contributed by atoms with Gasteiger partial charge >= 0.3 is 17.9 Å². The van der Waals surface area contributed by atoms with Crippen LogP contribution < -0.4 is 0 Å². The summed E-state index contributed by atoms with van der Waals surface area (Å²) in [4.78, 5) is 37.9. The number of carbonyl (C=O) groups is 3. The Morgan fingerprint density at radius 1 is 0.339 bits per heavy atom. The van der Waals surface area contributed by atoms with Gasteiger partial charge in [-0.3, -0.25) is 14.4 Å². The van der Waals surface area contributed by atoms with Crippen LogP contribution in [0.2, 0.25) is 0 Å². The number of hydrogen-bond acceptors (Lipinski definition) is 6. The number of unbranched alkanes of at least 4 members (excludes halogenated alkanes) is 30. The Bertz CT molecular complexity index is 1000. The molecule has 1 unspecified atom stereocenters. The van der Waals surface area contributed by atoms with E-state index in [0.29, 0.717) is 19.3 Å². The average Bonchev–Trinajstić information content (AvgIpc) is 3.23. The second-order valence-corrected chi connectivity index (χ2v) is 17.1. The van der Waals surface area contributed by atoms with Crippen LogP contribution in [-0.4, -0.2) is 37.2 Å². The Morgan fingerprint density at radius 2 is 0.627 bits per heavy atom. The fraction of sp³-hybridized carbons (Fsp3) is 0.830. The van der Waals surface area contributed by atoms with E-state index in [0.717, 1.165) is 89.9 Å². The van der Waals surface area contributed by atoms with Crippen molar-refractivity contribution in [3.8, 4) is 0 Å². The second-order valence-electron chi connectivity index (χ2n) is 17.1. The van der Waals surface area contributed by atoms with Gasteiger partial charge in [-0.2, -0.15) is 0 Å². The number of esters is 3. The fourth-order valence-corrected chi connectivity index (χ4v) is 7.24. The van der Waals surface area contributed by atoms with Gasteiger partial charge in [-0.05, 0) is 64.2 Å². The molecule has 0 saturated heterocycles. The molecule has 0 aromatic carbocycles. The SMILES string of the molecule is CCCC/C=C\CCCCCCC(=O)OCC(COC(=O)CCCCC/C=C\C=C/CCCCCCCCC)OC(=O)CCCCCCCCCCCCCCCCC. The zero-order valence-electron chi connectivity index (χ0n) is 39.3. The lowest BCUT2D eigenvalue weighted by molar-refractivity contribution is -0.167. The van der Waals surface area contributed by atoms with Crippen molar-refractivity contribution in [2.45, 2.75) is 271 Å². The van der Waals surface area contributed by atoms with Crippen molar-refractivity contribution in [1.82, 2.24) is 0 Å². The minimum Gasteiger partial charge on any atom is -0.462 e. The molecule has 0 spiro atoms. The predicted octanol–water partition coefficient (Wildman–Crippen LogP) is 16.5. The Morgan fingerprint density at radius 3 is 1.02 bits per heavy atom. The zero-order chi connectivity index (χ0) is 43.0. The lowest BCUT2D eigenvalue weighted by Crippen LogP contribution is -2.30. The molecule has 1 atom stereocenters. The molecule has 59 heavy (non-hydrogen) atoms. The highest BCUT2D eigenvalue weighted by molar-refractivity contribution is 5.71. The normalized spacial score (nSPS) is 12.3. The number of allylic oxidation sites excluding steroid dienone is 6. The Balaban J connectivity index is 4.37. The van der Waals surface area contributed by atoms with E-state index >= 15 is 0 Å². The molecule has 0 bridgehead atoms. The number of rotatable bonds is 46. The summed E-state index contributed by atoms with van der Waals surface area (Å²) in [6.07, 6.45) is 55.6. The van der Waals surface area contributed by atoms with Gasteiger partial charge in [0.2, 0.25) is 0 Å². The van der Waals surface area contributed by atoms with Gasteiger partial charge < -0.3 is 14.2 Å². The molecule has 0 N–H and O–H groups in total. The lowest BCUT2D eigenvalue weighted by Gasteiger charge is -2.18. The first kappa shape index (κ1) is 56.6. The van der Waals surface area contributed by atoms with Crippen LogP contribution in [-0.2, 0) is 28.6 Å². The number of hydrogen-bond donors (Lipinski definition) is 0. The average molecular weight is 829 g/mol. The Labute approximate surface area is 365 Å². The summed E-state index contributed by atoms with van der Waals surface area (Å²) < 4.78 is 16.7. The van der Waals surface area contributed by atoms with Crippen molar-refractivity contribution in [3.05, 3.63) is 36.5 Å². The summed E-state index contributed by atoms with van der Waals surface area (Å²) in [5.41, 5.74) is 0. The van der Waals surface area contributed by atoms with Crippen LogP contribution >= 0.6 is 0 Å². The fourth-order valence-electron chi connectivity index (χ4n) is 7.24. The molecule has 0 rings (SSSR count). The van der Waals surface area contributed by atoms with Crippen LogP contribution in [0, 0.1) is 0 Å². The molecule has 0 aromatic rings. The third kappa shape index (κ3) is 46.5. The van der Waals surface area contributed by atoms with Crippen molar-refractivity contribution in [1.29, 1.82) is 0 Å². The molecule has 0 amide bonds. The maximum atomic E-state index is 12.8. The third-order valence-electron chi connectivity index (χ3n) is 11.1. The lowest BCUT2D eigenvalue weighted by atomic mass is 10.0. The highest BCUT2D eigenvalue weighted by Crippen LogP contribution is 2.15. The van der Waals surface area contributed by atoms with Gasteiger partial charge in [0.25, 0.3) is 0 Å². The van der Waals surface area contributed by atoms with E-state index in [4.69, 9.17) is 14.2 Å². The molecule has 0 aliphatic rings. The van der Waals surface area contributed by atoms with Crippen molar-refractivity contribution in [2.75, 3.05) is 13.2 Å². The van der Waals surface area contributed by atoms with Crippen molar-refractivity contribution in [2.24, 2.45) is 0 Å². The van der Waals surface area contributed by atoms with Crippen molar-refractivity contribution < 1.29 is 28.6 Å². The Hall–Kier alpha value is -2.37. The molecule has 0 radical (unpaired) electrons. The van der Waals surface area contributed by atoms with Gasteiger partial charge in [0, 0.05) is 19.3 Å². The minimum absolute atomic E-state index is 0.0842. The molecule has 0 fully saturated rings. The molecule has 0 aliphatic heterocycles. The topological polar surface area (TPSA) is 78.9 Å². The van der Waals surface area contributed by atoms with Crippen LogP contribution in [0.25, 0.3) is 0 Å². The summed E-state index contributed by atoms with van der Waals surface area (Å²) in [7, 11) is 0. The molecule has 0 aliphatic carbocycles. The summed E-state index contributed by atoms with van der Waals surface area (Å²) in [5, 5.41) is 0. The molecule has 6 heteroatoms. The first-order valence-electron chi connectivity index (χ1n) is 25.5.